The number of aromatic nitrogens is 2. The van der Waals surface area contributed by atoms with Crippen molar-refractivity contribution < 1.29 is 4.79 Å². The number of carbonyl (C=O) groups excluding carboxylic acids is 1. The van der Waals surface area contributed by atoms with Crippen LogP contribution in [0.4, 0.5) is 0 Å². The molecule has 1 aromatic heterocycles. The van der Waals surface area contributed by atoms with E-state index in [1.807, 2.05) is 85.8 Å². The van der Waals surface area contributed by atoms with Gasteiger partial charge < -0.3 is 0 Å². The van der Waals surface area contributed by atoms with E-state index in [0.717, 1.165) is 27.8 Å². The first kappa shape index (κ1) is 20.0. The molecule has 5 heteroatoms. The van der Waals surface area contributed by atoms with E-state index in [9.17, 15) is 4.79 Å². The van der Waals surface area contributed by atoms with Gasteiger partial charge in [-0.1, -0.05) is 91.0 Å². The van der Waals surface area contributed by atoms with Gasteiger partial charge in [0.1, 0.15) is 5.69 Å². The molecule has 0 saturated carbocycles. The number of amides is 1. The van der Waals surface area contributed by atoms with Crippen LogP contribution in [0.25, 0.3) is 28.5 Å². The molecular formula is C26H22N4O. The first-order valence-corrected chi connectivity index (χ1v) is 9.97. The second-order valence-corrected chi connectivity index (χ2v) is 7.11. The number of benzene rings is 3. The first-order valence-electron chi connectivity index (χ1n) is 9.97. The number of hydrazone groups is 1. The number of nitrogens with zero attached hydrogens (tertiary/aromatic N) is 2. The third-order valence-electron chi connectivity index (χ3n) is 4.74. The maximum atomic E-state index is 12.4. The van der Waals surface area contributed by atoms with E-state index >= 15 is 0 Å². The Hall–Kier alpha value is -4.25. The minimum Gasteiger partial charge on any atom is -0.272 e. The molecule has 4 aromatic rings. The predicted molar refractivity (Wildman–Crippen MR) is 126 cm³/mol. The smallest absolute Gasteiger partial charge is 0.272 e. The van der Waals surface area contributed by atoms with E-state index < -0.39 is 0 Å². The highest BCUT2D eigenvalue weighted by Crippen LogP contribution is 2.24. The summed E-state index contributed by atoms with van der Waals surface area (Å²) in [5, 5.41) is 11.1. The lowest BCUT2D eigenvalue weighted by Gasteiger charge is -2.02. The number of H-pyrrole nitrogens is 1. The van der Waals surface area contributed by atoms with Gasteiger partial charge in [0.15, 0.2) is 0 Å². The average molecular weight is 406 g/mol. The minimum atomic E-state index is -0.344. The highest BCUT2D eigenvalue weighted by atomic mass is 16.2. The molecule has 0 unspecified atom stereocenters. The highest BCUT2D eigenvalue weighted by molar-refractivity contribution is 5.94. The van der Waals surface area contributed by atoms with Gasteiger partial charge in [0.2, 0.25) is 0 Å². The zero-order valence-electron chi connectivity index (χ0n) is 17.1. The van der Waals surface area contributed by atoms with Gasteiger partial charge in [0, 0.05) is 5.56 Å². The monoisotopic (exact) mass is 406 g/mol. The Morgan fingerprint density at radius 1 is 0.871 bits per heavy atom. The van der Waals surface area contributed by atoms with Gasteiger partial charge in [-0.25, -0.2) is 5.43 Å². The summed E-state index contributed by atoms with van der Waals surface area (Å²) in [4.78, 5) is 12.4. The van der Waals surface area contributed by atoms with Crippen molar-refractivity contribution in [2.24, 2.45) is 5.10 Å². The number of carbonyl (C=O) groups is 1. The van der Waals surface area contributed by atoms with Crippen LogP contribution in [0.1, 0.15) is 23.0 Å². The number of hydrogen-bond acceptors (Lipinski definition) is 3. The summed E-state index contributed by atoms with van der Waals surface area (Å²) in [6.45, 7) is 1.93. The fourth-order valence-corrected chi connectivity index (χ4v) is 3.15. The molecule has 5 nitrogen and oxygen atoms in total. The second kappa shape index (κ2) is 9.50. The lowest BCUT2D eigenvalue weighted by atomic mass is 10.0. The summed E-state index contributed by atoms with van der Waals surface area (Å²) in [7, 11) is 0. The molecule has 152 valence electrons. The van der Waals surface area contributed by atoms with Crippen LogP contribution in [-0.2, 0) is 0 Å². The average Bonchev–Trinajstić information content (AvgIpc) is 3.31. The van der Waals surface area contributed by atoms with Crippen molar-refractivity contribution in [3.63, 3.8) is 0 Å². The van der Waals surface area contributed by atoms with E-state index in [-0.39, 0.29) is 5.91 Å². The van der Waals surface area contributed by atoms with E-state index in [1.165, 1.54) is 0 Å². The quantitative estimate of drug-likeness (QED) is 0.325. The van der Waals surface area contributed by atoms with Crippen LogP contribution in [0.5, 0.6) is 0 Å². The molecule has 4 rings (SSSR count). The van der Waals surface area contributed by atoms with Crippen molar-refractivity contribution in [3.8, 4) is 22.4 Å². The summed E-state index contributed by atoms with van der Waals surface area (Å²) >= 11 is 0. The maximum absolute atomic E-state index is 12.4. The third kappa shape index (κ3) is 5.22. The van der Waals surface area contributed by atoms with Crippen LogP contribution in [0.2, 0.25) is 0 Å². The Kier molecular flexibility index (Phi) is 6.14. The van der Waals surface area contributed by atoms with Gasteiger partial charge in [-0.05, 0) is 35.3 Å². The molecule has 3 aromatic carbocycles. The zero-order valence-corrected chi connectivity index (χ0v) is 17.1. The first-order chi connectivity index (χ1) is 15.2. The van der Waals surface area contributed by atoms with Gasteiger partial charge in [0.25, 0.3) is 5.91 Å². The van der Waals surface area contributed by atoms with Crippen LogP contribution < -0.4 is 5.43 Å². The zero-order chi connectivity index (χ0) is 21.5. The SMILES string of the molecule is CC(/C=N/NC(=O)c1cc(-c2ccc(-c3ccccc3)cc2)n[nH]1)=C\c1ccccc1. The van der Waals surface area contributed by atoms with Crippen molar-refractivity contribution in [2.75, 3.05) is 0 Å². The minimum absolute atomic E-state index is 0.344. The number of hydrogen-bond donors (Lipinski definition) is 2. The Morgan fingerprint density at radius 2 is 1.48 bits per heavy atom. The molecule has 0 saturated heterocycles. The van der Waals surface area contributed by atoms with E-state index in [4.69, 9.17) is 0 Å². The van der Waals surface area contributed by atoms with Gasteiger partial charge >= 0.3 is 0 Å². The van der Waals surface area contributed by atoms with E-state index in [0.29, 0.717) is 11.4 Å². The van der Waals surface area contributed by atoms with Crippen LogP contribution in [0.15, 0.2) is 102 Å². The lowest BCUT2D eigenvalue weighted by Crippen LogP contribution is -2.17. The largest absolute Gasteiger partial charge is 0.289 e. The van der Waals surface area contributed by atoms with Gasteiger partial charge in [0.05, 0.1) is 11.9 Å². The topological polar surface area (TPSA) is 70.1 Å². The maximum Gasteiger partial charge on any atom is 0.289 e. The van der Waals surface area contributed by atoms with Crippen LogP contribution in [0, 0.1) is 0 Å². The Morgan fingerprint density at radius 3 is 2.19 bits per heavy atom. The van der Waals surface area contributed by atoms with Crippen molar-refractivity contribution in [1.29, 1.82) is 0 Å². The summed E-state index contributed by atoms with van der Waals surface area (Å²) < 4.78 is 0. The number of allylic oxidation sites excluding steroid dienone is 1. The predicted octanol–water partition coefficient (Wildman–Crippen LogP) is 5.56. The van der Waals surface area contributed by atoms with Gasteiger partial charge in [-0.15, -0.1) is 0 Å². The van der Waals surface area contributed by atoms with Crippen LogP contribution >= 0.6 is 0 Å². The molecule has 0 aliphatic rings. The van der Waals surface area contributed by atoms with Crippen LogP contribution in [-0.4, -0.2) is 22.3 Å². The van der Waals surface area contributed by atoms with Crippen LogP contribution in [0.3, 0.4) is 0 Å². The molecule has 0 fully saturated rings. The molecule has 31 heavy (non-hydrogen) atoms. The highest BCUT2D eigenvalue weighted by Gasteiger charge is 2.10. The molecule has 0 radical (unpaired) electrons. The molecule has 0 atom stereocenters. The molecule has 0 bridgehead atoms. The molecular weight excluding hydrogens is 384 g/mol. The van der Waals surface area contributed by atoms with Gasteiger partial charge in [-0.3, -0.25) is 9.89 Å². The lowest BCUT2D eigenvalue weighted by molar-refractivity contribution is 0.0950. The van der Waals surface area contributed by atoms with E-state index in [1.54, 1.807) is 12.3 Å². The van der Waals surface area contributed by atoms with Gasteiger partial charge in [-0.2, -0.15) is 10.2 Å². The molecule has 1 heterocycles. The molecule has 0 aliphatic heterocycles. The molecule has 0 spiro atoms. The third-order valence-corrected chi connectivity index (χ3v) is 4.74. The van der Waals surface area contributed by atoms with Crippen molar-refractivity contribution in [2.45, 2.75) is 6.92 Å². The normalized spacial score (nSPS) is 11.6. The van der Waals surface area contributed by atoms with Crippen molar-refractivity contribution >= 4 is 18.2 Å². The molecule has 2 N–H and O–H groups in total. The second-order valence-electron chi connectivity index (χ2n) is 7.11. The fourth-order valence-electron chi connectivity index (χ4n) is 3.15. The summed E-state index contributed by atoms with van der Waals surface area (Å²) in [5.41, 5.74) is 8.81. The summed E-state index contributed by atoms with van der Waals surface area (Å²) in [6, 6.07) is 29.9. The summed E-state index contributed by atoms with van der Waals surface area (Å²) in [6.07, 6.45) is 3.60. The molecule has 1 amide bonds. The Bertz CT molecular complexity index is 1210. The number of aromatic amines is 1. The Balaban J connectivity index is 1.39. The number of rotatable bonds is 6. The van der Waals surface area contributed by atoms with Crippen molar-refractivity contribution in [3.05, 3.63) is 108 Å². The standard InChI is InChI=1S/C26H22N4O/c1-19(16-20-8-4-2-5-9-20)18-27-30-26(31)25-17-24(28-29-25)23-14-12-22(13-15-23)21-10-6-3-7-11-21/h2-18H,1H3,(H,28,29)(H,30,31)/b19-16+,27-18+. The summed E-state index contributed by atoms with van der Waals surface area (Å²) in [5.74, 6) is -0.344. The fraction of sp³-hybridized carbons (Fsp3) is 0.0385. The Labute approximate surface area is 181 Å². The van der Waals surface area contributed by atoms with E-state index in [2.05, 4.69) is 32.9 Å². The number of nitrogens with one attached hydrogen (secondary N) is 2. The van der Waals surface area contributed by atoms with Crippen molar-refractivity contribution in [1.82, 2.24) is 15.6 Å². The molecule has 0 aliphatic carbocycles.